The lowest BCUT2D eigenvalue weighted by molar-refractivity contribution is 0.642. The zero-order valence-electron chi connectivity index (χ0n) is 9.99. The third-order valence-corrected chi connectivity index (χ3v) is 3.39. The molecule has 0 heterocycles. The van der Waals surface area contributed by atoms with Gasteiger partial charge in [-0.2, -0.15) is 0 Å². The van der Waals surface area contributed by atoms with Gasteiger partial charge in [0.05, 0.1) is 6.04 Å². The van der Waals surface area contributed by atoms with Crippen molar-refractivity contribution in [1.29, 1.82) is 0 Å². The quantitative estimate of drug-likeness (QED) is 0.598. The summed E-state index contributed by atoms with van der Waals surface area (Å²) in [7, 11) is 0. The third-order valence-electron chi connectivity index (χ3n) is 2.28. The normalized spacial score (nSPS) is 12.1. The van der Waals surface area contributed by atoms with Crippen molar-refractivity contribution in [3.8, 4) is 12.3 Å². The number of rotatable bonds is 6. The van der Waals surface area contributed by atoms with Crippen LogP contribution in [0, 0.1) is 19.3 Å². The molecule has 0 aliphatic heterocycles. The van der Waals surface area contributed by atoms with E-state index in [2.05, 4.69) is 49.4 Å². The fourth-order valence-corrected chi connectivity index (χ4v) is 2.20. The van der Waals surface area contributed by atoms with Crippen LogP contribution in [0.25, 0.3) is 0 Å². The van der Waals surface area contributed by atoms with Gasteiger partial charge in [0.1, 0.15) is 0 Å². The Labute approximate surface area is 103 Å². The van der Waals surface area contributed by atoms with Crippen molar-refractivity contribution in [3.05, 3.63) is 29.8 Å². The maximum atomic E-state index is 5.48. The van der Waals surface area contributed by atoms with Gasteiger partial charge in [0, 0.05) is 10.6 Å². The average Bonchev–Trinajstić information content (AvgIpc) is 2.32. The number of hydrogen-bond donors (Lipinski definition) is 1. The van der Waals surface area contributed by atoms with Gasteiger partial charge in [-0.25, -0.2) is 0 Å². The van der Waals surface area contributed by atoms with Gasteiger partial charge >= 0.3 is 0 Å². The second-order valence-electron chi connectivity index (χ2n) is 3.80. The van der Waals surface area contributed by atoms with Crippen LogP contribution >= 0.6 is 11.8 Å². The number of terminal acetylenes is 1. The summed E-state index contributed by atoms with van der Waals surface area (Å²) >= 11 is 1.81. The third kappa shape index (κ3) is 4.74. The molecule has 0 saturated carbocycles. The van der Waals surface area contributed by atoms with Crippen LogP contribution in [-0.4, -0.2) is 18.3 Å². The highest BCUT2D eigenvalue weighted by Gasteiger charge is 2.03. The maximum absolute atomic E-state index is 5.48. The zero-order valence-corrected chi connectivity index (χ0v) is 10.8. The monoisotopic (exact) mass is 233 g/mol. The minimum atomic E-state index is 0.172. The number of benzene rings is 1. The number of hydrogen-bond acceptors (Lipinski definition) is 2. The largest absolute Gasteiger partial charge is 0.303 e. The number of nitrogens with one attached hydrogen (secondary N) is 1. The molecule has 1 unspecified atom stereocenters. The maximum Gasteiger partial charge on any atom is 0.0782 e. The topological polar surface area (TPSA) is 12.0 Å². The van der Waals surface area contributed by atoms with E-state index >= 15 is 0 Å². The van der Waals surface area contributed by atoms with E-state index in [1.54, 1.807) is 0 Å². The Balaban J connectivity index is 2.38. The van der Waals surface area contributed by atoms with Crippen molar-refractivity contribution in [2.75, 3.05) is 12.3 Å². The summed E-state index contributed by atoms with van der Waals surface area (Å²) in [6.07, 6.45) is 6.59. The molecule has 0 bridgehead atoms. The van der Waals surface area contributed by atoms with E-state index < -0.39 is 0 Å². The van der Waals surface area contributed by atoms with Gasteiger partial charge in [-0.15, -0.1) is 18.2 Å². The van der Waals surface area contributed by atoms with Crippen LogP contribution in [0.5, 0.6) is 0 Å². The van der Waals surface area contributed by atoms with Crippen LogP contribution in [0.2, 0.25) is 0 Å². The molecule has 2 heteroatoms. The first-order valence-corrected chi connectivity index (χ1v) is 6.63. The Kier molecular flexibility index (Phi) is 6.07. The van der Waals surface area contributed by atoms with Gasteiger partial charge in [-0.1, -0.05) is 30.5 Å². The molecule has 1 nitrogen and oxygen atoms in total. The van der Waals surface area contributed by atoms with Crippen LogP contribution in [0.1, 0.15) is 18.9 Å². The molecule has 1 N–H and O–H groups in total. The second kappa shape index (κ2) is 7.38. The van der Waals surface area contributed by atoms with Crippen LogP contribution in [0.4, 0.5) is 0 Å². The lowest BCUT2D eigenvalue weighted by atomic mass is 10.2. The first-order valence-electron chi connectivity index (χ1n) is 5.65. The molecule has 0 fully saturated rings. The Hall–Kier alpha value is -0.910. The molecule has 86 valence electrons. The molecule has 0 aliphatic rings. The lowest BCUT2D eigenvalue weighted by Crippen LogP contribution is -2.30. The predicted octanol–water partition coefficient (Wildman–Crippen LogP) is 3.09. The van der Waals surface area contributed by atoms with Crippen molar-refractivity contribution in [2.24, 2.45) is 0 Å². The molecule has 1 rings (SSSR count). The fraction of sp³-hybridized carbons (Fsp3) is 0.429. The Morgan fingerprint density at radius 3 is 2.62 bits per heavy atom. The van der Waals surface area contributed by atoms with Crippen molar-refractivity contribution in [1.82, 2.24) is 5.32 Å². The molecule has 0 spiro atoms. The van der Waals surface area contributed by atoms with E-state index in [0.717, 1.165) is 18.7 Å². The zero-order chi connectivity index (χ0) is 11.8. The average molecular weight is 233 g/mol. The van der Waals surface area contributed by atoms with Gasteiger partial charge in [0.2, 0.25) is 0 Å². The van der Waals surface area contributed by atoms with Crippen LogP contribution in [-0.2, 0) is 0 Å². The Bertz CT molecular complexity index is 337. The molecular weight excluding hydrogens is 214 g/mol. The summed E-state index contributed by atoms with van der Waals surface area (Å²) in [5.41, 5.74) is 1.29. The summed E-state index contributed by atoms with van der Waals surface area (Å²) in [5.74, 6) is 3.72. The lowest BCUT2D eigenvalue weighted by Gasteiger charge is -2.11. The van der Waals surface area contributed by atoms with E-state index in [9.17, 15) is 0 Å². The van der Waals surface area contributed by atoms with Gasteiger partial charge in [-0.05, 0) is 32.0 Å². The highest BCUT2D eigenvalue weighted by molar-refractivity contribution is 7.99. The standard InChI is InChI=1S/C14H19NS/c1-4-10-15-13(5-2)11-16-14-8-6-12(3)7-9-14/h2,6-9,13,15H,4,10-11H2,1,3H3. The highest BCUT2D eigenvalue weighted by atomic mass is 32.2. The molecule has 0 radical (unpaired) electrons. The SMILES string of the molecule is C#CC(CSc1ccc(C)cc1)NCCC. The summed E-state index contributed by atoms with van der Waals surface area (Å²) in [6.45, 7) is 5.23. The molecule has 1 aromatic rings. The first-order chi connectivity index (χ1) is 7.76. The van der Waals surface area contributed by atoms with Gasteiger partial charge in [0.25, 0.3) is 0 Å². The summed E-state index contributed by atoms with van der Waals surface area (Å²) in [6, 6.07) is 8.73. The van der Waals surface area contributed by atoms with Crippen molar-refractivity contribution in [2.45, 2.75) is 31.2 Å². The fourth-order valence-electron chi connectivity index (χ4n) is 1.30. The molecular formula is C14H19NS. The van der Waals surface area contributed by atoms with Gasteiger partial charge in [0.15, 0.2) is 0 Å². The van der Waals surface area contributed by atoms with E-state index in [1.165, 1.54) is 10.5 Å². The van der Waals surface area contributed by atoms with E-state index in [1.807, 2.05) is 11.8 Å². The molecule has 0 aromatic heterocycles. The molecule has 0 amide bonds. The number of aryl methyl sites for hydroxylation is 1. The minimum absolute atomic E-state index is 0.172. The van der Waals surface area contributed by atoms with Crippen LogP contribution < -0.4 is 5.32 Å². The second-order valence-corrected chi connectivity index (χ2v) is 4.89. The molecule has 0 saturated heterocycles. The van der Waals surface area contributed by atoms with Crippen molar-refractivity contribution in [3.63, 3.8) is 0 Å². The number of thioether (sulfide) groups is 1. The van der Waals surface area contributed by atoms with E-state index in [0.29, 0.717) is 0 Å². The van der Waals surface area contributed by atoms with Gasteiger partial charge < -0.3 is 5.32 Å². The van der Waals surface area contributed by atoms with E-state index in [-0.39, 0.29) is 6.04 Å². The minimum Gasteiger partial charge on any atom is -0.303 e. The Morgan fingerprint density at radius 2 is 2.06 bits per heavy atom. The van der Waals surface area contributed by atoms with Crippen molar-refractivity contribution < 1.29 is 0 Å². The van der Waals surface area contributed by atoms with Crippen LogP contribution in [0.15, 0.2) is 29.2 Å². The smallest absolute Gasteiger partial charge is 0.0782 e. The summed E-state index contributed by atoms with van der Waals surface area (Å²) < 4.78 is 0. The summed E-state index contributed by atoms with van der Waals surface area (Å²) in [5, 5.41) is 3.34. The Morgan fingerprint density at radius 1 is 1.38 bits per heavy atom. The molecule has 16 heavy (non-hydrogen) atoms. The molecule has 1 atom stereocenters. The first kappa shape index (κ1) is 13.2. The molecule has 0 aliphatic carbocycles. The molecule has 1 aromatic carbocycles. The van der Waals surface area contributed by atoms with E-state index in [4.69, 9.17) is 6.42 Å². The van der Waals surface area contributed by atoms with Crippen LogP contribution in [0.3, 0.4) is 0 Å². The van der Waals surface area contributed by atoms with Gasteiger partial charge in [-0.3, -0.25) is 0 Å². The highest BCUT2D eigenvalue weighted by Crippen LogP contribution is 2.18. The van der Waals surface area contributed by atoms with Crippen molar-refractivity contribution >= 4 is 11.8 Å². The summed E-state index contributed by atoms with van der Waals surface area (Å²) in [4.78, 5) is 1.28. The predicted molar refractivity (Wildman–Crippen MR) is 72.8 cm³/mol.